The van der Waals surface area contributed by atoms with Gasteiger partial charge in [-0.2, -0.15) is 0 Å². The van der Waals surface area contributed by atoms with Gasteiger partial charge in [-0.15, -0.1) is 0 Å². The Balaban J connectivity index is 1.70. The lowest BCUT2D eigenvalue weighted by Gasteiger charge is -2.26. The van der Waals surface area contributed by atoms with E-state index in [1.807, 2.05) is 46.3 Å². The van der Waals surface area contributed by atoms with Crippen LogP contribution in [0.2, 0.25) is 0 Å². The molecule has 0 aliphatic carbocycles. The summed E-state index contributed by atoms with van der Waals surface area (Å²) < 4.78 is 1.82. The molecule has 0 spiro atoms. The van der Waals surface area contributed by atoms with Crippen molar-refractivity contribution >= 4 is 11.6 Å². The monoisotopic (exact) mass is 362 g/mol. The third kappa shape index (κ3) is 5.03. The zero-order valence-corrected chi connectivity index (χ0v) is 16.0. The molecule has 0 N–H and O–H groups in total. The highest BCUT2D eigenvalue weighted by atomic mass is 16.2. The first-order valence-electron chi connectivity index (χ1n) is 9.36. The fourth-order valence-electron chi connectivity index (χ4n) is 3.36. The molecular formula is C22H26N4O. The van der Waals surface area contributed by atoms with Crippen LogP contribution in [0.1, 0.15) is 29.5 Å². The Morgan fingerprint density at radius 2 is 1.74 bits per heavy atom. The number of hydrogen-bond donors (Lipinski definition) is 0. The van der Waals surface area contributed by atoms with Crippen LogP contribution in [0.4, 0.5) is 5.69 Å². The van der Waals surface area contributed by atoms with Gasteiger partial charge in [0.05, 0.1) is 6.33 Å². The highest BCUT2D eigenvalue weighted by Crippen LogP contribution is 2.25. The first kappa shape index (κ1) is 18.8. The van der Waals surface area contributed by atoms with Gasteiger partial charge in [0.2, 0.25) is 5.91 Å². The Labute approximate surface area is 160 Å². The first-order chi connectivity index (χ1) is 13.1. The van der Waals surface area contributed by atoms with Crippen LogP contribution in [0.3, 0.4) is 0 Å². The number of unbranched alkanes of at least 4 members (excludes halogenated alkanes) is 1. The van der Waals surface area contributed by atoms with Gasteiger partial charge in [-0.25, -0.2) is 4.98 Å². The van der Waals surface area contributed by atoms with Gasteiger partial charge in [0.25, 0.3) is 0 Å². The number of hydrogen-bond acceptors (Lipinski definition) is 3. The molecule has 27 heavy (non-hydrogen) atoms. The largest absolute Gasteiger partial charge is 0.328 e. The summed E-state index contributed by atoms with van der Waals surface area (Å²) in [6, 6.07) is 10.3. The minimum Gasteiger partial charge on any atom is -0.328 e. The molecule has 3 aromatic rings. The van der Waals surface area contributed by atoms with E-state index in [9.17, 15) is 4.79 Å². The number of para-hydroxylation sites is 1. The number of pyridine rings is 1. The average Bonchev–Trinajstić information content (AvgIpc) is 3.17. The molecule has 0 saturated heterocycles. The molecule has 1 aromatic carbocycles. The van der Waals surface area contributed by atoms with Crippen molar-refractivity contribution in [2.45, 2.75) is 39.7 Å². The number of benzene rings is 1. The van der Waals surface area contributed by atoms with E-state index in [1.165, 1.54) is 5.56 Å². The Morgan fingerprint density at radius 3 is 2.41 bits per heavy atom. The van der Waals surface area contributed by atoms with Gasteiger partial charge >= 0.3 is 0 Å². The van der Waals surface area contributed by atoms with Gasteiger partial charge in [0, 0.05) is 37.0 Å². The molecule has 0 atom stereocenters. The fraction of sp³-hybridized carbons (Fsp3) is 0.318. The van der Waals surface area contributed by atoms with Gasteiger partial charge in [-0.3, -0.25) is 9.78 Å². The summed E-state index contributed by atoms with van der Waals surface area (Å²) in [4.78, 5) is 23.1. The van der Waals surface area contributed by atoms with Crippen LogP contribution in [-0.4, -0.2) is 27.0 Å². The number of nitrogens with zero attached hydrogens (tertiary/aromatic N) is 4. The minimum atomic E-state index is 0.0920. The molecular weight excluding hydrogens is 336 g/mol. The molecule has 0 aliphatic rings. The Kier molecular flexibility index (Phi) is 6.36. The van der Waals surface area contributed by atoms with Gasteiger partial charge < -0.3 is 9.47 Å². The number of amides is 1. The summed E-state index contributed by atoms with van der Waals surface area (Å²) >= 11 is 0. The predicted octanol–water partition coefficient (Wildman–Crippen LogP) is 3.95. The van der Waals surface area contributed by atoms with Crippen molar-refractivity contribution in [2.75, 3.05) is 11.4 Å². The maximum absolute atomic E-state index is 13.0. The fourth-order valence-corrected chi connectivity index (χ4v) is 3.36. The summed E-state index contributed by atoms with van der Waals surface area (Å²) in [5, 5.41) is 0. The molecule has 5 nitrogen and oxygen atoms in total. The number of aromatic nitrogens is 3. The van der Waals surface area contributed by atoms with Crippen molar-refractivity contribution in [1.82, 2.24) is 14.5 Å². The Hall–Kier alpha value is -2.95. The first-order valence-corrected chi connectivity index (χ1v) is 9.36. The number of anilines is 1. The lowest BCUT2D eigenvalue weighted by atomic mass is 10.1. The SMILES string of the molecule is Cc1cccc(C)c1N(CCCCc1ccncc1)C(=O)Cn1ccnc1. The molecule has 0 unspecified atom stereocenters. The molecule has 2 heterocycles. The van der Waals surface area contributed by atoms with Crippen LogP contribution in [-0.2, 0) is 17.8 Å². The zero-order chi connectivity index (χ0) is 19.1. The normalized spacial score (nSPS) is 10.7. The lowest BCUT2D eigenvalue weighted by Crippen LogP contribution is -2.35. The molecule has 0 radical (unpaired) electrons. The predicted molar refractivity (Wildman–Crippen MR) is 108 cm³/mol. The van der Waals surface area contributed by atoms with Gasteiger partial charge in [-0.1, -0.05) is 18.2 Å². The standard InChI is InChI=1S/C22H26N4O/c1-18-6-5-7-19(2)22(18)26(21(27)16-25-15-13-24-17-25)14-4-3-8-20-9-11-23-12-10-20/h5-7,9-13,15,17H,3-4,8,14,16H2,1-2H3. The highest BCUT2D eigenvalue weighted by molar-refractivity contribution is 5.94. The van der Waals surface area contributed by atoms with Crippen molar-refractivity contribution in [3.63, 3.8) is 0 Å². The van der Waals surface area contributed by atoms with Gasteiger partial charge in [0.15, 0.2) is 0 Å². The molecule has 5 heteroatoms. The van der Waals surface area contributed by atoms with Crippen LogP contribution >= 0.6 is 0 Å². The molecule has 2 aromatic heterocycles. The van der Waals surface area contributed by atoms with Crippen molar-refractivity contribution in [2.24, 2.45) is 0 Å². The summed E-state index contributed by atoms with van der Waals surface area (Å²) in [6.45, 7) is 5.15. The van der Waals surface area contributed by atoms with Crippen LogP contribution in [0.15, 0.2) is 61.4 Å². The van der Waals surface area contributed by atoms with Crippen LogP contribution in [0, 0.1) is 13.8 Å². The second-order valence-corrected chi connectivity index (χ2v) is 6.83. The second-order valence-electron chi connectivity index (χ2n) is 6.83. The van der Waals surface area contributed by atoms with E-state index < -0.39 is 0 Å². The number of aryl methyl sites for hydroxylation is 3. The molecule has 3 rings (SSSR count). The van der Waals surface area contributed by atoms with E-state index in [4.69, 9.17) is 0 Å². The lowest BCUT2D eigenvalue weighted by molar-refractivity contribution is -0.119. The van der Waals surface area contributed by atoms with Crippen molar-refractivity contribution in [1.29, 1.82) is 0 Å². The van der Waals surface area contributed by atoms with E-state index in [1.54, 1.807) is 12.5 Å². The summed E-state index contributed by atoms with van der Waals surface area (Å²) in [7, 11) is 0. The molecule has 0 bridgehead atoms. The molecule has 140 valence electrons. The van der Waals surface area contributed by atoms with Crippen LogP contribution in [0.5, 0.6) is 0 Å². The van der Waals surface area contributed by atoms with E-state index in [2.05, 4.69) is 35.9 Å². The molecule has 0 aliphatic heterocycles. The van der Waals surface area contributed by atoms with Crippen LogP contribution < -0.4 is 4.90 Å². The number of carbonyl (C=O) groups is 1. The van der Waals surface area contributed by atoms with Gasteiger partial charge in [0.1, 0.15) is 6.54 Å². The number of carbonyl (C=O) groups excluding carboxylic acids is 1. The maximum Gasteiger partial charge on any atom is 0.246 e. The van der Waals surface area contributed by atoms with E-state index >= 15 is 0 Å². The topological polar surface area (TPSA) is 51.0 Å². The van der Waals surface area contributed by atoms with Gasteiger partial charge in [-0.05, 0) is 61.9 Å². The van der Waals surface area contributed by atoms with Crippen molar-refractivity contribution in [3.05, 3.63) is 78.1 Å². The van der Waals surface area contributed by atoms with Crippen LogP contribution in [0.25, 0.3) is 0 Å². The molecule has 0 fully saturated rings. The third-order valence-corrected chi connectivity index (χ3v) is 4.73. The zero-order valence-electron chi connectivity index (χ0n) is 16.0. The Morgan fingerprint density at radius 1 is 1.00 bits per heavy atom. The summed E-state index contributed by atoms with van der Waals surface area (Å²) in [5.41, 5.74) is 4.58. The second kappa shape index (κ2) is 9.12. The number of rotatable bonds is 8. The Bertz CT molecular complexity index is 839. The van der Waals surface area contributed by atoms with E-state index in [0.717, 1.165) is 36.1 Å². The minimum absolute atomic E-state index is 0.0920. The number of imidazole rings is 1. The summed E-state index contributed by atoms with van der Waals surface area (Å²) in [6.07, 6.45) is 11.8. The molecule has 0 saturated carbocycles. The highest BCUT2D eigenvalue weighted by Gasteiger charge is 2.19. The third-order valence-electron chi connectivity index (χ3n) is 4.73. The summed E-state index contributed by atoms with van der Waals surface area (Å²) in [5.74, 6) is 0.0920. The molecule has 1 amide bonds. The smallest absolute Gasteiger partial charge is 0.246 e. The van der Waals surface area contributed by atoms with E-state index in [-0.39, 0.29) is 5.91 Å². The van der Waals surface area contributed by atoms with Crippen molar-refractivity contribution < 1.29 is 4.79 Å². The van der Waals surface area contributed by atoms with Crippen molar-refractivity contribution in [3.8, 4) is 0 Å². The maximum atomic E-state index is 13.0. The average molecular weight is 362 g/mol. The van der Waals surface area contributed by atoms with E-state index in [0.29, 0.717) is 13.1 Å². The quantitative estimate of drug-likeness (QED) is 0.570.